The second kappa shape index (κ2) is 21.2. The number of fused-ring (bicyclic) bond motifs is 3. The van der Waals surface area contributed by atoms with Crippen LogP contribution in [-0.2, 0) is 78.4 Å². The number of nitrogens with zero attached hydrogens (tertiary/aromatic N) is 10. The van der Waals surface area contributed by atoms with Crippen molar-refractivity contribution in [3.63, 3.8) is 0 Å². The number of imidazole rings is 3. The maximum atomic E-state index is 14.4. The van der Waals surface area contributed by atoms with Crippen molar-refractivity contribution in [3.8, 4) is 0 Å². The monoisotopic (exact) mass is 1170 g/mol. The molecule has 3 fully saturated rings. The molecular formula is C34H48N15O22P4S+. The molecule has 416 valence electrons. The van der Waals surface area contributed by atoms with Crippen LogP contribution in [0, 0.1) is 5.92 Å². The molecule has 6 aromatic rings. The number of rotatable bonds is 20. The number of aromatic nitrogens is 12. The molecule has 3 aliphatic rings. The van der Waals surface area contributed by atoms with Crippen molar-refractivity contribution in [3.05, 3.63) is 46.0 Å². The first kappa shape index (κ1) is 56.0. The number of nitrogen functional groups attached to an aromatic ring is 3. The number of H-pyrrole nitrogens is 2. The van der Waals surface area contributed by atoms with Gasteiger partial charge in [-0.1, -0.05) is 4.98 Å². The number of aryl methyl sites for hydroxylation is 1. The summed E-state index contributed by atoms with van der Waals surface area (Å²) in [5, 5.41) is 33.3. The topological polar surface area (TPSA) is 525 Å². The molecule has 6 aromatic heterocycles. The van der Waals surface area contributed by atoms with E-state index in [0.29, 0.717) is 0 Å². The van der Waals surface area contributed by atoms with Gasteiger partial charge in [0.05, 0.1) is 52.2 Å². The maximum absolute atomic E-state index is 14.4. The van der Waals surface area contributed by atoms with E-state index in [-0.39, 0.29) is 57.8 Å². The standard InChI is InChI=1S/C34H47N15O22P4S/c1-46-11-49(27-18(46)29(54)45-34(37)43-27)30-19(50)12(4-62-2)13(67-30)5-66-75(61,76)71-74(59,60)70-73(57,58)65-7-15-23(22(63-3)32(69-15)47-9-40-16-24(35)38-8-39-25(16)47)72(55,56)64-6-14-20(51)21(52)31(68-14)48-10-41-17-26(48)42-33(36)44-28(17)53/h8-15,19-23,30-32,50-52H,4-7H2,1-3H3,(H11-,35,36,37,38,39,42,43,44,45,53,54,55,56,57,58,59,60,61,76)/p+1/t12-,13-,14-,15?,19-,20-,21-,22-,23-,30-,31-,32-,75?/m1/s1. The molecule has 3 saturated heterocycles. The number of aliphatic hydroxyl groups excluding tert-OH is 3. The number of aliphatic hydroxyl groups is 3. The summed E-state index contributed by atoms with van der Waals surface area (Å²) >= 11 is 4.91. The van der Waals surface area contributed by atoms with E-state index in [2.05, 4.69) is 48.5 Å². The maximum Gasteiger partial charge on any atom is 0.488 e. The second-order valence-corrected chi connectivity index (χ2v) is 25.1. The van der Waals surface area contributed by atoms with Crippen LogP contribution in [0.3, 0.4) is 0 Å². The Morgan fingerprint density at radius 2 is 1.38 bits per heavy atom. The molecule has 76 heavy (non-hydrogen) atoms. The first-order valence-electron chi connectivity index (χ1n) is 21.8. The lowest BCUT2D eigenvalue weighted by Gasteiger charge is -2.28. The first-order valence-corrected chi connectivity index (χ1v) is 29.1. The van der Waals surface area contributed by atoms with Crippen LogP contribution in [-0.4, -0.2) is 178 Å². The van der Waals surface area contributed by atoms with Gasteiger partial charge >= 0.3 is 35.6 Å². The van der Waals surface area contributed by atoms with E-state index < -0.39 is 134 Å². The second-order valence-electron chi connectivity index (χ2n) is 17.1. The van der Waals surface area contributed by atoms with E-state index >= 15 is 0 Å². The van der Waals surface area contributed by atoms with E-state index in [1.54, 1.807) is 0 Å². The van der Waals surface area contributed by atoms with Gasteiger partial charge in [0.2, 0.25) is 17.7 Å². The van der Waals surface area contributed by atoms with Crippen molar-refractivity contribution in [2.24, 2.45) is 13.0 Å². The van der Waals surface area contributed by atoms with Crippen molar-refractivity contribution in [1.29, 1.82) is 0 Å². The van der Waals surface area contributed by atoms with E-state index in [1.807, 2.05) is 0 Å². The largest absolute Gasteiger partial charge is 0.488 e. The van der Waals surface area contributed by atoms with Gasteiger partial charge in [-0.2, -0.15) is 9.29 Å². The van der Waals surface area contributed by atoms with Gasteiger partial charge in [-0.05, 0) is 11.8 Å². The van der Waals surface area contributed by atoms with Crippen LogP contribution in [0.1, 0.15) is 18.7 Å². The summed E-state index contributed by atoms with van der Waals surface area (Å²) in [5.74, 6) is -1.57. The fourth-order valence-electron chi connectivity index (χ4n) is 8.98. The minimum absolute atomic E-state index is 0.0203. The number of phosphoric acid groups is 2. The Kier molecular flexibility index (Phi) is 15.6. The zero-order chi connectivity index (χ0) is 55.0. The van der Waals surface area contributed by atoms with E-state index in [1.165, 1.54) is 34.2 Å². The number of ether oxygens (including phenoxy) is 5. The molecule has 42 heteroatoms. The van der Waals surface area contributed by atoms with Crippen molar-refractivity contribution < 1.29 is 99.0 Å². The van der Waals surface area contributed by atoms with E-state index in [9.17, 15) is 58.2 Å². The molecule has 3 aliphatic heterocycles. The number of nitrogens with two attached hydrogens (primary N) is 3. The summed E-state index contributed by atoms with van der Waals surface area (Å²) in [7, 11) is -13.2. The highest BCUT2D eigenvalue weighted by Crippen LogP contribution is 2.68. The zero-order valence-electron chi connectivity index (χ0n) is 39.2. The number of hydrogen-bond acceptors (Lipinski definition) is 28. The Hall–Kier alpha value is -4.69. The first-order chi connectivity index (χ1) is 35.7. The van der Waals surface area contributed by atoms with Crippen LogP contribution in [0.15, 0.2) is 34.9 Å². The quantitative estimate of drug-likeness (QED) is 0.0259. The number of nitrogens with one attached hydrogen (secondary N) is 2. The number of methoxy groups -OCH3 is 2. The molecule has 37 nitrogen and oxygen atoms in total. The highest BCUT2D eigenvalue weighted by atomic mass is 32.5. The van der Waals surface area contributed by atoms with Crippen LogP contribution in [0.2, 0.25) is 0 Å². The summed E-state index contributed by atoms with van der Waals surface area (Å²) in [6.45, 7) is -8.08. The zero-order valence-corrected chi connectivity index (χ0v) is 43.6. The Bertz CT molecular complexity index is 3490. The van der Waals surface area contributed by atoms with Crippen LogP contribution in [0.5, 0.6) is 0 Å². The van der Waals surface area contributed by atoms with Crippen molar-refractivity contribution >= 4 is 93.0 Å². The van der Waals surface area contributed by atoms with Gasteiger partial charge < -0.3 is 84.8 Å². The molecule has 0 aromatic carbocycles. The molecule has 16 atom stereocenters. The number of aromatic amines is 2. The van der Waals surface area contributed by atoms with Crippen molar-refractivity contribution in [2.75, 3.05) is 57.8 Å². The van der Waals surface area contributed by atoms with E-state index in [4.69, 9.17) is 66.3 Å². The molecule has 9 heterocycles. The summed E-state index contributed by atoms with van der Waals surface area (Å²) < 4.78 is 99.7. The molecule has 0 spiro atoms. The summed E-state index contributed by atoms with van der Waals surface area (Å²) in [5.41, 5.74) is 14.0. The molecule has 5 unspecified atom stereocenters. The number of anilines is 3. The minimum atomic E-state index is -5.98. The lowest BCUT2D eigenvalue weighted by atomic mass is 9.99. The van der Waals surface area contributed by atoms with Crippen LogP contribution in [0.4, 0.5) is 17.7 Å². The third kappa shape index (κ3) is 10.9. The van der Waals surface area contributed by atoms with Crippen molar-refractivity contribution in [1.82, 2.24) is 53.6 Å². The lowest BCUT2D eigenvalue weighted by molar-refractivity contribution is -0.745. The number of phosphoric ester groups is 1. The van der Waals surface area contributed by atoms with E-state index in [0.717, 1.165) is 30.7 Å². The average Bonchev–Trinajstić information content (AvgIpc) is 4.21. The highest BCUT2D eigenvalue weighted by Gasteiger charge is 2.58. The molecular weight excluding hydrogens is 1130 g/mol. The molecule has 0 aliphatic carbocycles. The van der Waals surface area contributed by atoms with Gasteiger partial charge in [0, 0.05) is 20.1 Å². The third-order valence-corrected chi connectivity index (χ3v) is 19.3. The molecule has 9 rings (SSSR count). The van der Waals surface area contributed by atoms with Crippen LogP contribution in [0.25, 0.3) is 33.5 Å². The predicted octanol–water partition coefficient (Wildman–Crippen LogP) is -3.62. The van der Waals surface area contributed by atoms with Gasteiger partial charge in [-0.25, -0.2) is 37.9 Å². The molecule has 0 bridgehead atoms. The highest BCUT2D eigenvalue weighted by molar-refractivity contribution is 8.08. The summed E-state index contributed by atoms with van der Waals surface area (Å²) in [6.07, 6.45) is -10.7. The van der Waals surface area contributed by atoms with Crippen molar-refractivity contribution in [2.45, 2.75) is 67.1 Å². The Balaban J connectivity index is 0.888. The minimum Gasteiger partial charge on any atom is -0.387 e. The molecule has 0 amide bonds. The third-order valence-electron chi connectivity index (χ3n) is 12.3. The lowest BCUT2D eigenvalue weighted by Crippen LogP contribution is -2.45. The fourth-order valence-corrected chi connectivity index (χ4v) is 15.2. The fraction of sp³-hybridized carbons (Fsp3) is 0.559. The summed E-state index contributed by atoms with van der Waals surface area (Å²) in [6, 6.07) is 0. The van der Waals surface area contributed by atoms with Crippen LogP contribution >= 0.6 is 30.0 Å². The normalized spacial score (nSPS) is 30.2. The van der Waals surface area contributed by atoms with Gasteiger partial charge in [-0.15, -0.1) is 0 Å². The van der Waals surface area contributed by atoms with Gasteiger partial charge in [0.25, 0.3) is 17.1 Å². The molecule has 15 N–H and O–H groups in total. The van der Waals surface area contributed by atoms with Gasteiger partial charge in [0.1, 0.15) is 54.1 Å². The Morgan fingerprint density at radius 1 is 0.737 bits per heavy atom. The summed E-state index contributed by atoms with van der Waals surface area (Å²) in [4.78, 5) is 97.9. The predicted molar refractivity (Wildman–Crippen MR) is 254 cm³/mol. The number of hydrogen-bond donors (Lipinski definition) is 12. The molecule has 0 saturated carbocycles. The molecule has 0 radical (unpaired) electrons. The average molecular weight is 1170 g/mol. The smallest absolute Gasteiger partial charge is 0.387 e. The Labute approximate surface area is 428 Å². The Morgan fingerprint density at radius 3 is 2.09 bits per heavy atom. The van der Waals surface area contributed by atoms with Gasteiger partial charge in [0.15, 0.2) is 41.4 Å². The van der Waals surface area contributed by atoms with Gasteiger partial charge in [-0.3, -0.25) is 42.3 Å². The van der Waals surface area contributed by atoms with Crippen LogP contribution < -0.4 is 32.9 Å². The SMILES string of the molecule is COC[C@H]1[C@@H](O)[C@H]([n+]2cn(C)c3c(=O)[nH]c(N)nc32)O[C@@H]1COP(O)(=S)OP(=O)(O)OP(=O)(O)OCC1O[C@@H](n2cnc3c(N)ncnc32)[C@H](OC)[C@@H]1P(=O)(O)OC[C@H]1O[C@@H](n2cnc3c(=O)[nH]c(N)nc32)[C@H](O)[C@@H]1O.